The summed E-state index contributed by atoms with van der Waals surface area (Å²) in [6, 6.07) is -9.74. The van der Waals surface area contributed by atoms with Crippen molar-refractivity contribution < 1.29 is 282 Å². The first-order valence-corrected chi connectivity index (χ1v) is 4.21. The van der Waals surface area contributed by atoms with Gasteiger partial charge in [-0.15, -0.1) is 0 Å². The van der Waals surface area contributed by atoms with Crippen molar-refractivity contribution in [3.8, 4) is 0 Å². The third-order valence-corrected chi connectivity index (χ3v) is 0.642. The molecule has 0 saturated heterocycles. The van der Waals surface area contributed by atoms with E-state index in [1.54, 1.807) is 0 Å². The minimum Gasteiger partial charge on any atom is -0.540 e. The Balaban J connectivity index is -0.0000000303. The van der Waals surface area contributed by atoms with Crippen molar-refractivity contribution in [2.45, 2.75) is 0 Å². The van der Waals surface area contributed by atoms with Crippen LogP contribution in [0.4, 0.5) is 17.6 Å². The number of aliphatic carboxylic acids is 4. The minimum atomic E-state index is -2.44. The van der Waals surface area contributed by atoms with Crippen molar-refractivity contribution in [2.24, 2.45) is 0 Å². The molecule has 12 nitrogen and oxygen atoms in total. The molecular weight excluding hydrogens is 520 g/mol. The molecule has 0 saturated carbocycles. The predicted octanol–water partition coefficient (Wildman–Crippen LogP) is -19.1. The Morgan fingerprint density at radius 1 is 0.357 bits per heavy atom. The van der Waals surface area contributed by atoms with Crippen LogP contribution in [0.15, 0.2) is 0 Å². The standard InChI is InChI=1S/4C2HFO3.4K/c4*3-1(4)2(5)6;;;;/h4*(H,5,6);;;;/q;;;;4*+1/p-4. The monoisotopic (exact) mass is 520 g/mol. The van der Waals surface area contributed by atoms with Crippen LogP contribution in [0.25, 0.3) is 0 Å². The molecule has 0 spiro atoms. The molecule has 20 heteroatoms. The second kappa shape index (κ2) is 34.4. The Bertz CT molecular complexity index is 412. The maximum Gasteiger partial charge on any atom is 1.00 e. The van der Waals surface area contributed by atoms with Gasteiger partial charge in [0.05, 0.1) is 0 Å². The number of carboxylic acid groups (broad SMARTS) is 4. The summed E-state index contributed by atoms with van der Waals surface area (Å²) in [4.78, 5) is 70.7. The van der Waals surface area contributed by atoms with Gasteiger partial charge in [-0.2, -0.15) is 17.6 Å². The molecule has 0 aliphatic carbocycles. The zero-order valence-corrected chi connectivity index (χ0v) is 26.9. The van der Waals surface area contributed by atoms with Gasteiger partial charge >= 0.3 is 230 Å². The van der Waals surface area contributed by atoms with Crippen molar-refractivity contribution in [1.82, 2.24) is 0 Å². The summed E-state index contributed by atoms with van der Waals surface area (Å²) in [6.45, 7) is 0. The van der Waals surface area contributed by atoms with Crippen LogP contribution >= 0.6 is 0 Å². The van der Waals surface area contributed by atoms with Crippen molar-refractivity contribution in [3.63, 3.8) is 0 Å². The second-order valence-corrected chi connectivity index (χ2v) is 2.24. The number of carbonyl (C=O) groups is 8. The molecular formula is C8F4K4O12. The molecule has 0 amide bonds. The SMILES string of the molecule is O=C([O-])C(=O)F.O=C([O-])C(=O)F.O=C([O-])C(=O)F.O=C([O-])C(=O)F.[K+].[K+].[K+].[K+]. The summed E-state index contributed by atoms with van der Waals surface area (Å²) in [5.74, 6) is -9.19. The Hall–Kier alpha value is 2.83. The Kier molecular flexibility index (Phi) is 64.7. The van der Waals surface area contributed by atoms with Crippen LogP contribution in [0, 0.1) is 0 Å². The fraction of sp³-hybridized carbons (Fsp3) is 0. The zero-order chi connectivity index (χ0) is 20.6. The molecule has 0 fully saturated rings. The smallest absolute Gasteiger partial charge is 0.540 e. The number of halogens is 4. The second-order valence-electron chi connectivity index (χ2n) is 2.24. The normalized spacial score (nSPS) is 6.43. The molecule has 0 radical (unpaired) electrons. The van der Waals surface area contributed by atoms with Gasteiger partial charge in [-0.05, 0) is 0 Å². The van der Waals surface area contributed by atoms with Gasteiger partial charge in [0.1, 0.15) is 23.9 Å². The number of hydrogen-bond acceptors (Lipinski definition) is 12. The summed E-state index contributed by atoms with van der Waals surface area (Å²) < 4.78 is 42.1. The molecule has 0 aliphatic heterocycles. The van der Waals surface area contributed by atoms with E-state index in [9.17, 15) is 17.6 Å². The maximum atomic E-state index is 10.5. The molecule has 0 aromatic heterocycles. The minimum absolute atomic E-state index is 0. The molecule has 0 heterocycles. The largest absolute Gasteiger partial charge is 1.00 e. The fourth-order valence-corrected chi connectivity index (χ4v) is 0. The third kappa shape index (κ3) is 63.0. The van der Waals surface area contributed by atoms with Crippen LogP contribution in [0.5, 0.6) is 0 Å². The van der Waals surface area contributed by atoms with Crippen molar-refractivity contribution in [3.05, 3.63) is 0 Å². The number of carbonyl (C=O) groups excluding carboxylic acids is 8. The average molecular weight is 520 g/mol. The Morgan fingerprint density at radius 2 is 0.393 bits per heavy atom. The van der Waals surface area contributed by atoms with Crippen molar-refractivity contribution in [2.75, 3.05) is 0 Å². The summed E-state index contributed by atoms with van der Waals surface area (Å²) in [5, 5.41) is 35.5. The fourth-order valence-electron chi connectivity index (χ4n) is 0. The van der Waals surface area contributed by atoms with Crippen LogP contribution in [0.2, 0.25) is 0 Å². The molecule has 0 aromatic rings. The third-order valence-electron chi connectivity index (χ3n) is 0.642. The van der Waals surface area contributed by atoms with Gasteiger partial charge in [-0.3, -0.25) is 19.2 Å². The van der Waals surface area contributed by atoms with Gasteiger partial charge in [0.15, 0.2) is 0 Å². The van der Waals surface area contributed by atoms with E-state index in [-0.39, 0.29) is 206 Å². The molecule has 0 aliphatic rings. The van der Waals surface area contributed by atoms with Crippen LogP contribution < -0.4 is 226 Å². The van der Waals surface area contributed by atoms with Gasteiger partial charge in [-0.1, -0.05) is 0 Å². The van der Waals surface area contributed by atoms with Crippen LogP contribution in [0.3, 0.4) is 0 Å². The topological polar surface area (TPSA) is 229 Å². The summed E-state index contributed by atoms with van der Waals surface area (Å²) in [5.41, 5.74) is 0. The van der Waals surface area contributed by atoms with E-state index in [4.69, 9.17) is 58.8 Å². The van der Waals surface area contributed by atoms with E-state index in [1.807, 2.05) is 0 Å². The van der Waals surface area contributed by atoms with Crippen molar-refractivity contribution in [1.29, 1.82) is 0 Å². The first-order valence-electron chi connectivity index (χ1n) is 4.21. The number of hydrogen-bond donors (Lipinski definition) is 0. The van der Waals surface area contributed by atoms with E-state index < -0.39 is 48.0 Å². The summed E-state index contributed by atoms with van der Waals surface area (Å²) >= 11 is 0. The molecule has 0 bridgehead atoms. The van der Waals surface area contributed by atoms with Gasteiger partial charge in [-0.25, -0.2) is 0 Å². The molecule has 0 rings (SSSR count). The Morgan fingerprint density at radius 3 is 0.393 bits per heavy atom. The summed E-state index contributed by atoms with van der Waals surface area (Å²) in [6.07, 6.45) is 0. The number of carboxylic acids is 4. The zero-order valence-electron chi connectivity index (χ0n) is 14.4. The van der Waals surface area contributed by atoms with Crippen LogP contribution in [-0.4, -0.2) is 48.0 Å². The molecule has 0 unspecified atom stereocenters. The maximum absolute atomic E-state index is 10.5. The first-order chi connectivity index (χ1) is 10.6. The van der Waals surface area contributed by atoms with Gasteiger partial charge in [0.2, 0.25) is 0 Å². The first kappa shape index (κ1) is 52.6. The van der Waals surface area contributed by atoms with E-state index in [2.05, 4.69) is 0 Å². The molecule has 136 valence electrons. The number of rotatable bonds is 4. The van der Waals surface area contributed by atoms with E-state index in [0.717, 1.165) is 0 Å². The van der Waals surface area contributed by atoms with Crippen LogP contribution in [0.1, 0.15) is 0 Å². The molecule has 0 aromatic carbocycles. The molecule has 28 heavy (non-hydrogen) atoms. The van der Waals surface area contributed by atoms with Crippen LogP contribution in [-0.2, 0) is 38.4 Å². The quantitative estimate of drug-likeness (QED) is 0.146. The van der Waals surface area contributed by atoms with E-state index in [1.165, 1.54) is 0 Å². The predicted molar refractivity (Wildman–Crippen MR) is 44.5 cm³/mol. The molecule has 0 atom stereocenters. The van der Waals surface area contributed by atoms with Gasteiger partial charge in [0.25, 0.3) is 0 Å². The average Bonchev–Trinajstić information content (AvgIpc) is 2.40. The van der Waals surface area contributed by atoms with Gasteiger partial charge in [0, 0.05) is 0 Å². The van der Waals surface area contributed by atoms with E-state index >= 15 is 0 Å². The van der Waals surface area contributed by atoms with E-state index in [0.29, 0.717) is 0 Å². The summed E-state index contributed by atoms with van der Waals surface area (Å²) in [7, 11) is 0. The molecule has 0 N–H and O–H groups in total. The van der Waals surface area contributed by atoms with Gasteiger partial charge < -0.3 is 39.6 Å². The van der Waals surface area contributed by atoms with Crippen molar-refractivity contribution >= 4 is 48.0 Å². The Labute approximate surface area is 321 Å².